The molecule has 0 saturated heterocycles. The lowest BCUT2D eigenvalue weighted by Crippen LogP contribution is -2.39. The second kappa shape index (κ2) is 7.55. The van der Waals surface area contributed by atoms with Crippen LogP contribution in [-0.4, -0.2) is 37.8 Å². The summed E-state index contributed by atoms with van der Waals surface area (Å²) in [7, 11) is -1.90. The topological polar surface area (TPSA) is 66.5 Å². The lowest BCUT2D eigenvalue weighted by molar-refractivity contribution is 0.0926. The third kappa shape index (κ3) is 4.21. The van der Waals surface area contributed by atoms with Gasteiger partial charge in [0.2, 0.25) is 10.0 Å². The first-order chi connectivity index (χ1) is 13.0. The molecular formula is C21H30N2O3S. The predicted octanol–water partition coefficient (Wildman–Crippen LogP) is 3.56. The highest BCUT2D eigenvalue weighted by molar-refractivity contribution is 7.89. The zero-order valence-corrected chi connectivity index (χ0v) is 16.9. The number of benzene rings is 1. The SMILES string of the molecule is CN(C1CCCCC1)S(=O)(=O)c1cccc(C(=O)NC(C2CC2)C2CC2)c1. The van der Waals surface area contributed by atoms with E-state index in [0.717, 1.165) is 25.7 Å². The maximum Gasteiger partial charge on any atom is 0.251 e. The molecule has 3 aliphatic carbocycles. The fraction of sp³-hybridized carbons (Fsp3) is 0.667. The average Bonchev–Trinajstić information content (AvgIpc) is 3.59. The minimum atomic E-state index is -3.58. The van der Waals surface area contributed by atoms with Crippen LogP contribution in [0.5, 0.6) is 0 Å². The van der Waals surface area contributed by atoms with Crippen LogP contribution in [0.1, 0.15) is 68.1 Å². The molecule has 148 valence electrons. The summed E-state index contributed by atoms with van der Waals surface area (Å²) in [5, 5.41) is 3.18. The predicted molar refractivity (Wildman–Crippen MR) is 105 cm³/mol. The second-order valence-electron chi connectivity index (χ2n) is 8.52. The fourth-order valence-electron chi connectivity index (χ4n) is 4.37. The van der Waals surface area contributed by atoms with E-state index in [4.69, 9.17) is 0 Å². The lowest BCUT2D eigenvalue weighted by Gasteiger charge is -2.30. The van der Waals surface area contributed by atoms with Gasteiger partial charge >= 0.3 is 0 Å². The largest absolute Gasteiger partial charge is 0.349 e. The molecule has 5 nitrogen and oxygen atoms in total. The summed E-state index contributed by atoms with van der Waals surface area (Å²) in [5.74, 6) is 1.09. The third-order valence-corrected chi connectivity index (χ3v) is 8.33. The molecule has 6 heteroatoms. The first kappa shape index (κ1) is 18.9. The Morgan fingerprint density at radius 1 is 1.04 bits per heavy atom. The quantitative estimate of drug-likeness (QED) is 0.774. The number of rotatable bonds is 7. The monoisotopic (exact) mass is 390 g/mol. The van der Waals surface area contributed by atoms with Crippen molar-refractivity contribution >= 4 is 15.9 Å². The van der Waals surface area contributed by atoms with E-state index >= 15 is 0 Å². The molecule has 3 saturated carbocycles. The van der Waals surface area contributed by atoms with Crippen LogP contribution < -0.4 is 5.32 Å². The molecule has 4 rings (SSSR count). The van der Waals surface area contributed by atoms with Crippen LogP contribution in [0.25, 0.3) is 0 Å². The smallest absolute Gasteiger partial charge is 0.251 e. The van der Waals surface area contributed by atoms with E-state index in [0.29, 0.717) is 17.4 Å². The minimum absolute atomic E-state index is 0.0651. The summed E-state index contributed by atoms with van der Waals surface area (Å²) in [6, 6.07) is 6.87. The Morgan fingerprint density at radius 3 is 2.26 bits per heavy atom. The Kier molecular flexibility index (Phi) is 5.30. The number of nitrogens with one attached hydrogen (secondary N) is 1. The van der Waals surface area contributed by atoms with Crippen molar-refractivity contribution in [1.82, 2.24) is 9.62 Å². The number of hydrogen-bond acceptors (Lipinski definition) is 3. The number of hydrogen-bond donors (Lipinski definition) is 1. The van der Waals surface area contributed by atoms with Crippen molar-refractivity contribution in [3.8, 4) is 0 Å². The van der Waals surface area contributed by atoms with E-state index in [2.05, 4.69) is 5.32 Å². The van der Waals surface area contributed by atoms with Gasteiger partial charge in [-0.1, -0.05) is 25.3 Å². The molecule has 0 bridgehead atoms. The van der Waals surface area contributed by atoms with E-state index in [9.17, 15) is 13.2 Å². The van der Waals surface area contributed by atoms with Crippen molar-refractivity contribution in [2.75, 3.05) is 7.05 Å². The van der Waals surface area contributed by atoms with Gasteiger partial charge < -0.3 is 5.32 Å². The van der Waals surface area contributed by atoms with Crippen molar-refractivity contribution in [3.05, 3.63) is 29.8 Å². The highest BCUT2D eigenvalue weighted by atomic mass is 32.2. The Balaban J connectivity index is 1.49. The third-order valence-electron chi connectivity index (χ3n) is 6.42. The normalized spacial score (nSPS) is 21.6. The number of nitrogens with zero attached hydrogens (tertiary/aromatic N) is 1. The summed E-state index contributed by atoms with van der Waals surface area (Å²) in [6.07, 6.45) is 9.96. The van der Waals surface area contributed by atoms with E-state index in [1.807, 2.05) is 0 Å². The van der Waals surface area contributed by atoms with Crippen LogP contribution in [0.15, 0.2) is 29.2 Å². The molecule has 1 aromatic rings. The van der Waals surface area contributed by atoms with Gasteiger partial charge in [0, 0.05) is 24.7 Å². The van der Waals surface area contributed by atoms with Crippen molar-refractivity contribution in [1.29, 1.82) is 0 Å². The minimum Gasteiger partial charge on any atom is -0.349 e. The number of amides is 1. The highest BCUT2D eigenvalue weighted by Crippen LogP contribution is 2.44. The molecule has 0 spiro atoms. The van der Waals surface area contributed by atoms with Crippen molar-refractivity contribution in [2.24, 2.45) is 11.8 Å². The molecule has 0 unspecified atom stereocenters. The first-order valence-corrected chi connectivity index (χ1v) is 11.8. The van der Waals surface area contributed by atoms with Crippen molar-refractivity contribution in [2.45, 2.75) is 74.8 Å². The van der Waals surface area contributed by atoms with Gasteiger partial charge in [-0.15, -0.1) is 0 Å². The van der Waals surface area contributed by atoms with Gasteiger partial charge in [0.15, 0.2) is 0 Å². The van der Waals surface area contributed by atoms with E-state index in [-0.39, 0.29) is 22.9 Å². The Morgan fingerprint density at radius 2 is 1.67 bits per heavy atom. The van der Waals surface area contributed by atoms with Gasteiger partial charge in [-0.3, -0.25) is 4.79 Å². The molecule has 0 atom stereocenters. The van der Waals surface area contributed by atoms with Gasteiger partial charge in [0.05, 0.1) is 4.90 Å². The van der Waals surface area contributed by atoms with Gasteiger partial charge in [-0.2, -0.15) is 4.31 Å². The second-order valence-corrected chi connectivity index (χ2v) is 10.5. The summed E-state index contributed by atoms with van der Waals surface area (Å²) in [5.41, 5.74) is 0.444. The molecule has 0 aliphatic heterocycles. The number of carbonyl (C=O) groups excluding carboxylic acids is 1. The zero-order chi connectivity index (χ0) is 19.0. The van der Waals surface area contributed by atoms with Gasteiger partial charge in [0.25, 0.3) is 5.91 Å². The number of sulfonamides is 1. The van der Waals surface area contributed by atoms with E-state index in [1.165, 1.54) is 36.4 Å². The van der Waals surface area contributed by atoms with Gasteiger partial charge in [-0.05, 0) is 68.6 Å². The van der Waals surface area contributed by atoms with Crippen molar-refractivity contribution < 1.29 is 13.2 Å². The lowest BCUT2D eigenvalue weighted by atomic mass is 9.96. The average molecular weight is 391 g/mol. The zero-order valence-electron chi connectivity index (χ0n) is 16.1. The standard InChI is InChI=1S/C21H30N2O3S/c1-23(18-7-3-2-4-8-18)27(25,26)19-9-5-6-17(14-19)21(24)22-20(15-10-11-15)16-12-13-16/h5-6,9,14-16,18,20H,2-4,7-8,10-13H2,1H3,(H,22,24). The maximum atomic E-state index is 13.1. The van der Waals surface area contributed by atoms with Crippen LogP contribution in [-0.2, 0) is 10.0 Å². The van der Waals surface area contributed by atoms with Gasteiger partial charge in [0.1, 0.15) is 0 Å². The van der Waals surface area contributed by atoms with Crippen molar-refractivity contribution in [3.63, 3.8) is 0 Å². The fourth-order valence-corrected chi connectivity index (χ4v) is 5.83. The number of carbonyl (C=O) groups is 1. The first-order valence-electron chi connectivity index (χ1n) is 10.4. The molecule has 3 fully saturated rings. The molecule has 1 amide bonds. The van der Waals surface area contributed by atoms with Crippen LogP contribution in [0.4, 0.5) is 0 Å². The Bertz CT molecular complexity index is 781. The van der Waals surface area contributed by atoms with E-state index in [1.54, 1.807) is 31.3 Å². The summed E-state index contributed by atoms with van der Waals surface area (Å²) < 4.78 is 27.6. The molecular weight excluding hydrogens is 360 g/mol. The Labute approximate surface area is 162 Å². The molecule has 0 heterocycles. The molecule has 3 aliphatic rings. The summed E-state index contributed by atoms with van der Waals surface area (Å²) in [6.45, 7) is 0. The Hall–Kier alpha value is -1.40. The molecule has 1 aromatic carbocycles. The van der Waals surface area contributed by atoms with Crippen LogP contribution in [0.3, 0.4) is 0 Å². The van der Waals surface area contributed by atoms with Crippen LogP contribution in [0.2, 0.25) is 0 Å². The highest BCUT2D eigenvalue weighted by Gasteiger charge is 2.42. The molecule has 0 aromatic heterocycles. The summed E-state index contributed by atoms with van der Waals surface area (Å²) in [4.78, 5) is 13.0. The molecule has 0 radical (unpaired) electrons. The summed E-state index contributed by atoms with van der Waals surface area (Å²) >= 11 is 0. The van der Waals surface area contributed by atoms with Gasteiger partial charge in [-0.25, -0.2) is 8.42 Å². The van der Waals surface area contributed by atoms with E-state index < -0.39 is 10.0 Å². The molecule has 1 N–H and O–H groups in total. The van der Waals surface area contributed by atoms with Crippen LogP contribution in [0, 0.1) is 11.8 Å². The maximum absolute atomic E-state index is 13.1. The molecule has 27 heavy (non-hydrogen) atoms. The van der Waals surface area contributed by atoms with Crippen LogP contribution >= 0.6 is 0 Å².